The second-order valence-corrected chi connectivity index (χ2v) is 8.46. The second kappa shape index (κ2) is 6.81. The van der Waals surface area contributed by atoms with E-state index in [9.17, 15) is 5.11 Å². The Bertz CT molecular complexity index is 1000. The van der Waals surface area contributed by atoms with Gasteiger partial charge in [-0.2, -0.15) is 0 Å². The van der Waals surface area contributed by atoms with Gasteiger partial charge in [0.15, 0.2) is 11.6 Å². The first-order chi connectivity index (χ1) is 14.0. The molecule has 2 N–H and O–H groups in total. The second-order valence-electron chi connectivity index (χ2n) is 8.46. The summed E-state index contributed by atoms with van der Waals surface area (Å²) in [5, 5.41) is 22.9. The van der Waals surface area contributed by atoms with Crippen molar-refractivity contribution in [3.63, 3.8) is 0 Å². The van der Waals surface area contributed by atoms with Crippen LogP contribution >= 0.6 is 0 Å². The van der Waals surface area contributed by atoms with E-state index in [4.69, 9.17) is 0 Å². The van der Waals surface area contributed by atoms with E-state index in [1.54, 1.807) is 30.9 Å². The molecule has 2 aromatic heterocycles. The van der Waals surface area contributed by atoms with Gasteiger partial charge in [-0.25, -0.2) is 9.97 Å². The van der Waals surface area contributed by atoms with Crippen LogP contribution < -0.4 is 10.2 Å². The first kappa shape index (κ1) is 18.1. The minimum Gasteiger partial charge on any atom is -0.507 e. The molecule has 4 heterocycles. The van der Waals surface area contributed by atoms with Crippen molar-refractivity contribution in [2.24, 2.45) is 0 Å². The fourth-order valence-electron chi connectivity index (χ4n) is 4.72. The zero-order valence-electron chi connectivity index (χ0n) is 16.7. The molecule has 0 radical (unpaired) electrons. The van der Waals surface area contributed by atoms with Crippen molar-refractivity contribution in [2.45, 2.75) is 50.2 Å². The lowest BCUT2D eigenvalue weighted by Gasteiger charge is -2.40. The van der Waals surface area contributed by atoms with Crippen molar-refractivity contribution in [2.75, 3.05) is 11.9 Å². The Morgan fingerprint density at radius 2 is 2.21 bits per heavy atom. The van der Waals surface area contributed by atoms with Crippen LogP contribution in [0.5, 0.6) is 5.75 Å². The predicted octanol–water partition coefficient (Wildman–Crippen LogP) is 2.54. The summed E-state index contributed by atoms with van der Waals surface area (Å²) in [5.74, 6) is 1.29. The summed E-state index contributed by atoms with van der Waals surface area (Å²) in [6.07, 6.45) is 11.7. The smallest absolute Gasteiger partial charge is 0.185 e. The average Bonchev–Trinajstić information content (AvgIpc) is 3.35. The van der Waals surface area contributed by atoms with Crippen molar-refractivity contribution < 1.29 is 5.11 Å². The van der Waals surface area contributed by atoms with Crippen LogP contribution in [0.4, 0.5) is 5.82 Å². The molecule has 2 aliphatic heterocycles. The Morgan fingerprint density at radius 1 is 1.31 bits per heavy atom. The Kier molecular flexibility index (Phi) is 4.24. The van der Waals surface area contributed by atoms with Crippen molar-refractivity contribution in [1.29, 1.82) is 0 Å². The Balaban J connectivity index is 1.35. The monoisotopic (exact) mass is 391 g/mol. The van der Waals surface area contributed by atoms with E-state index >= 15 is 0 Å². The van der Waals surface area contributed by atoms with Crippen LogP contribution in [0.1, 0.15) is 32.6 Å². The maximum absolute atomic E-state index is 10.5. The van der Waals surface area contributed by atoms with E-state index in [2.05, 4.69) is 44.4 Å². The fraction of sp³-hybridized carbons (Fsp3) is 0.429. The summed E-state index contributed by atoms with van der Waals surface area (Å²) in [6, 6.07) is 6.39. The number of benzene rings is 1. The number of hydrogen-bond donors (Lipinski definition) is 2. The highest BCUT2D eigenvalue weighted by molar-refractivity contribution is 5.66. The lowest BCUT2D eigenvalue weighted by molar-refractivity contribution is 0.266. The molecule has 5 rings (SSSR count). The quantitative estimate of drug-likeness (QED) is 0.706. The summed E-state index contributed by atoms with van der Waals surface area (Å²) in [6.45, 7) is 2.32. The lowest BCUT2D eigenvalue weighted by atomic mass is 9.88. The maximum atomic E-state index is 10.5. The zero-order chi connectivity index (χ0) is 20.0. The van der Waals surface area contributed by atoms with Crippen molar-refractivity contribution in [1.82, 2.24) is 30.0 Å². The van der Waals surface area contributed by atoms with E-state index in [0.717, 1.165) is 24.3 Å². The Hall–Kier alpha value is -3.00. The lowest BCUT2D eigenvalue weighted by Crippen LogP contribution is -2.53. The third-order valence-corrected chi connectivity index (χ3v) is 6.32. The van der Waals surface area contributed by atoms with E-state index in [1.165, 1.54) is 12.8 Å². The molecule has 8 nitrogen and oxygen atoms in total. The van der Waals surface area contributed by atoms with E-state index < -0.39 is 0 Å². The number of phenolic OH excluding ortho intramolecular Hbond substituents is 1. The van der Waals surface area contributed by atoms with Gasteiger partial charge in [-0.3, -0.25) is 0 Å². The van der Waals surface area contributed by atoms with Crippen molar-refractivity contribution in [3.8, 4) is 22.8 Å². The average molecular weight is 391 g/mol. The first-order valence-corrected chi connectivity index (χ1v) is 10.0. The molecule has 2 fully saturated rings. The number of nitrogens with zero attached hydrogens (tertiary/aromatic N) is 6. The molecule has 2 bridgehead atoms. The van der Waals surface area contributed by atoms with Gasteiger partial charge < -0.3 is 19.9 Å². The van der Waals surface area contributed by atoms with E-state index in [1.807, 2.05) is 16.8 Å². The number of piperidine rings is 1. The molecule has 0 amide bonds. The molecule has 150 valence electrons. The SMILES string of the molecule is CN(c1cnc(-c2ccc(-n3ccnc3)cc2O)nn1)[C@H]1CC2CC[C@](C)(C1)N2. The summed E-state index contributed by atoms with van der Waals surface area (Å²) < 4.78 is 1.83. The topological polar surface area (TPSA) is 92.0 Å². The zero-order valence-corrected chi connectivity index (χ0v) is 16.7. The number of fused-ring (bicyclic) bond motifs is 2. The van der Waals surface area contributed by atoms with Gasteiger partial charge in [-0.1, -0.05) is 0 Å². The summed E-state index contributed by atoms with van der Waals surface area (Å²) in [5.41, 5.74) is 1.61. The van der Waals surface area contributed by atoms with E-state index in [-0.39, 0.29) is 11.3 Å². The van der Waals surface area contributed by atoms with Gasteiger partial charge >= 0.3 is 0 Å². The molecular weight excluding hydrogens is 366 g/mol. The van der Waals surface area contributed by atoms with Gasteiger partial charge in [-0.15, -0.1) is 10.2 Å². The van der Waals surface area contributed by atoms with E-state index in [0.29, 0.717) is 23.5 Å². The summed E-state index contributed by atoms with van der Waals surface area (Å²) in [7, 11) is 2.07. The number of anilines is 1. The summed E-state index contributed by atoms with van der Waals surface area (Å²) in [4.78, 5) is 10.7. The van der Waals surface area contributed by atoms with Gasteiger partial charge in [0, 0.05) is 43.1 Å². The van der Waals surface area contributed by atoms with Crippen LogP contribution in [0.2, 0.25) is 0 Å². The molecule has 3 atom stereocenters. The maximum Gasteiger partial charge on any atom is 0.185 e. The third-order valence-electron chi connectivity index (χ3n) is 6.32. The molecule has 8 heteroatoms. The van der Waals surface area contributed by atoms with Crippen LogP contribution in [-0.2, 0) is 0 Å². The van der Waals surface area contributed by atoms with Crippen LogP contribution in [0, 0.1) is 0 Å². The van der Waals surface area contributed by atoms with Gasteiger partial charge in [0.25, 0.3) is 0 Å². The van der Waals surface area contributed by atoms with Crippen molar-refractivity contribution in [3.05, 3.63) is 43.1 Å². The number of aromatic hydroxyl groups is 1. The molecule has 1 aromatic carbocycles. The molecule has 3 aromatic rings. The fourth-order valence-corrected chi connectivity index (χ4v) is 4.72. The highest BCUT2D eigenvalue weighted by Gasteiger charge is 2.43. The normalized spacial score (nSPS) is 25.9. The molecule has 29 heavy (non-hydrogen) atoms. The number of nitrogens with one attached hydrogen (secondary N) is 1. The molecule has 1 unspecified atom stereocenters. The molecule has 0 spiro atoms. The number of rotatable bonds is 4. The largest absolute Gasteiger partial charge is 0.507 e. The summed E-state index contributed by atoms with van der Waals surface area (Å²) >= 11 is 0. The Labute approximate surface area is 169 Å². The molecular formula is C21H25N7O. The molecule has 0 aliphatic carbocycles. The molecule has 2 aliphatic rings. The van der Waals surface area contributed by atoms with Crippen LogP contribution in [0.15, 0.2) is 43.1 Å². The van der Waals surface area contributed by atoms with Gasteiger partial charge in [0.1, 0.15) is 5.75 Å². The van der Waals surface area contributed by atoms with Gasteiger partial charge in [0.05, 0.1) is 23.8 Å². The number of phenols is 1. The highest BCUT2D eigenvalue weighted by Crippen LogP contribution is 2.38. The standard InChI is InChI=1S/C21H25N7O/c1-21-6-5-14(24-21)9-16(11-21)27(2)19-12-23-20(26-25-19)17-4-3-15(10-18(17)29)28-8-7-22-13-28/h3-4,7-8,10,12-14,16,24,29H,5-6,9,11H2,1-2H3/t14?,16-,21+/m0/s1. The minimum atomic E-state index is 0.113. The minimum absolute atomic E-state index is 0.113. The molecule has 0 saturated carbocycles. The predicted molar refractivity (Wildman–Crippen MR) is 110 cm³/mol. The van der Waals surface area contributed by atoms with Crippen LogP contribution in [-0.4, -0.2) is 54.5 Å². The highest BCUT2D eigenvalue weighted by atomic mass is 16.3. The first-order valence-electron chi connectivity index (χ1n) is 10.0. The Morgan fingerprint density at radius 3 is 2.90 bits per heavy atom. The van der Waals surface area contributed by atoms with Gasteiger partial charge in [0.2, 0.25) is 0 Å². The number of aromatic nitrogens is 5. The third kappa shape index (κ3) is 3.33. The van der Waals surface area contributed by atoms with Gasteiger partial charge in [-0.05, 0) is 44.7 Å². The van der Waals surface area contributed by atoms with Crippen molar-refractivity contribution >= 4 is 5.82 Å². The van der Waals surface area contributed by atoms with Crippen LogP contribution in [0.3, 0.4) is 0 Å². The number of imidazole rings is 1. The number of hydrogen-bond acceptors (Lipinski definition) is 7. The molecule has 2 saturated heterocycles. The van der Waals surface area contributed by atoms with Crippen LogP contribution in [0.25, 0.3) is 17.1 Å².